The summed E-state index contributed by atoms with van der Waals surface area (Å²) in [6.07, 6.45) is 3.71. The minimum absolute atomic E-state index is 0.0737. The molecule has 0 aromatic heterocycles. The number of fused-ring (bicyclic) bond motifs is 1. The molecule has 1 heterocycles. The summed E-state index contributed by atoms with van der Waals surface area (Å²) in [5.74, 6) is -0.263. The van der Waals surface area contributed by atoms with E-state index in [1.54, 1.807) is 12.1 Å². The molecule has 2 atom stereocenters. The molecule has 2 amide bonds. The highest BCUT2D eigenvalue weighted by Gasteiger charge is 2.48. The van der Waals surface area contributed by atoms with Crippen LogP contribution in [0.4, 0.5) is 5.69 Å². The van der Waals surface area contributed by atoms with Gasteiger partial charge in [-0.2, -0.15) is 0 Å². The summed E-state index contributed by atoms with van der Waals surface area (Å²) in [7, 11) is 0. The van der Waals surface area contributed by atoms with Gasteiger partial charge in [-0.25, -0.2) is 0 Å². The van der Waals surface area contributed by atoms with Crippen LogP contribution in [-0.2, 0) is 9.59 Å². The van der Waals surface area contributed by atoms with Gasteiger partial charge in [-0.1, -0.05) is 12.8 Å². The molecule has 0 bridgehead atoms. The summed E-state index contributed by atoms with van der Waals surface area (Å²) in [6, 6.07) is 6.22. The first-order chi connectivity index (χ1) is 8.68. The number of amides is 2. The van der Waals surface area contributed by atoms with E-state index in [9.17, 15) is 14.7 Å². The SMILES string of the molecule is O=C1[C@H]2CCCC[C@@H]2C(=O)N1c1ccc(O)cc1. The molecule has 1 aliphatic heterocycles. The van der Waals surface area contributed by atoms with Gasteiger partial charge in [-0.05, 0) is 37.1 Å². The molecule has 1 aromatic carbocycles. The predicted octanol–water partition coefficient (Wildman–Crippen LogP) is 2.07. The third kappa shape index (κ3) is 1.60. The highest BCUT2D eigenvalue weighted by molar-refractivity contribution is 6.22. The number of benzene rings is 1. The Morgan fingerprint density at radius 1 is 0.944 bits per heavy atom. The summed E-state index contributed by atoms with van der Waals surface area (Å²) in [5.41, 5.74) is 0.567. The van der Waals surface area contributed by atoms with Crippen molar-refractivity contribution in [2.24, 2.45) is 11.8 Å². The molecule has 1 aliphatic carbocycles. The van der Waals surface area contributed by atoms with Crippen molar-refractivity contribution >= 4 is 17.5 Å². The van der Waals surface area contributed by atoms with Crippen molar-refractivity contribution < 1.29 is 14.7 Å². The van der Waals surface area contributed by atoms with Crippen molar-refractivity contribution in [3.05, 3.63) is 24.3 Å². The average Bonchev–Trinajstić information content (AvgIpc) is 2.64. The first-order valence-electron chi connectivity index (χ1n) is 6.35. The van der Waals surface area contributed by atoms with Crippen molar-refractivity contribution in [3.63, 3.8) is 0 Å². The smallest absolute Gasteiger partial charge is 0.237 e. The van der Waals surface area contributed by atoms with Gasteiger partial charge in [0.05, 0.1) is 17.5 Å². The molecule has 3 rings (SSSR count). The lowest BCUT2D eigenvalue weighted by Gasteiger charge is -2.19. The quantitative estimate of drug-likeness (QED) is 0.770. The van der Waals surface area contributed by atoms with Crippen molar-refractivity contribution in [1.29, 1.82) is 0 Å². The second-order valence-electron chi connectivity index (χ2n) is 5.03. The highest BCUT2D eigenvalue weighted by atomic mass is 16.3. The molecular weight excluding hydrogens is 230 g/mol. The van der Waals surface area contributed by atoms with Crippen molar-refractivity contribution in [2.75, 3.05) is 4.90 Å². The molecule has 1 aromatic rings. The zero-order chi connectivity index (χ0) is 12.7. The van der Waals surface area contributed by atoms with Crippen molar-refractivity contribution in [1.82, 2.24) is 0 Å². The fraction of sp³-hybridized carbons (Fsp3) is 0.429. The molecule has 18 heavy (non-hydrogen) atoms. The number of phenolic OH excluding ortho intramolecular Hbond substituents is 1. The van der Waals surface area contributed by atoms with Crippen LogP contribution in [0, 0.1) is 11.8 Å². The van der Waals surface area contributed by atoms with E-state index in [4.69, 9.17) is 0 Å². The Morgan fingerprint density at radius 2 is 1.44 bits per heavy atom. The van der Waals surface area contributed by atoms with Gasteiger partial charge < -0.3 is 5.11 Å². The lowest BCUT2D eigenvalue weighted by atomic mass is 9.81. The third-order valence-corrected chi connectivity index (χ3v) is 3.95. The van der Waals surface area contributed by atoms with Gasteiger partial charge in [0.2, 0.25) is 11.8 Å². The molecule has 1 saturated carbocycles. The molecule has 0 spiro atoms. The molecule has 2 aliphatic rings. The van der Waals surface area contributed by atoms with Crippen LogP contribution >= 0.6 is 0 Å². The van der Waals surface area contributed by atoms with E-state index < -0.39 is 0 Å². The number of anilines is 1. The molecule has 2 fully saturated rings. The van der Waals surface area contributed by atoms with E-state index in [0.717, 1.165) is 25.7 Å². The fourth-order valence-corrected chi connectivity index (χ4v) is 3.02. The second-order valence-corrected chi connectivity index (χ2v) is 5.03. The number of aromatic hydroxyl groups is 1. The lowest BCUT2D eigenvalue weighted by molar-refractivity contribution is -0.122. The molecular formula is C14H15NO3. The number of hydrogen-bond donors (Lipinski definition) is 1. The standard InChI is InChI=1S/C14H15NO3/c16-10-7-5-9(6-8-10)15-13(17)11-3-1-2-4-12(11)14(15)18/h5-8,11-12,16H,1-4H2/t11-,12-/m0/s1. The first kappa shape index (κ1) is 11.3. The van der Waals surface area contributed by atoms with Crippen LogP contribution in [-0.4, -0.2) is 16.9 Å². The Hall–Kier alpha value is -1.84. The maximum Gasteiger partial charge on any atom is 0.237 e. The van der Waals surface area contributed by atoms with Gasteiger partial charge >= 0.3 is 0 Å². The van der Waals surface area contributed by atoms with Gasteiger partial charge in [-0.3, -0.25) is 14.5 Å². The minimum atomic E-state index is -0.125. The Balaban J connectivity index is 1.95. The molecule has 0 radical (unpaired) electrons. The summed E-state index contributed by atoms with van der Waals surface area (Å²) in [6.45, 7) is 0. The Kier molecular flexibility index (Phi) is 2.58. The van der Waals surface area contributed by atoms with Crippen molar-refractivity contribution in [2.45, 2.75) is 25.7 Å². The van der Waals surface area contributed by atoms with E-state index in [1.807, 2.05) is 0 Å². The third-order valence-electron chi connectivity index (χ3n) is 3.95. The van der Waals surface area contributed by atoms with E-state index in [1.165, 1.54) is 17.0 Å². The van der Waals surface area contributed by atoms with Crippen LogP contribution in [0.15, 0.2) is 24.3 Å². The summed E-state index contributed by atoms with van der Waals surface area (Å²) in [5, 5.41) is 9.25. The fourth-order valence-electron chi connectivity index (χ4n) is 3.02. The summed E-state index contributed by atoms with van der Waals surface area (Å²) >= 11 is 0. The predicted molar refractivity (Wildman–Crippen MR) is 66.0 cm³/mol. The maximum absolute atomic E-state index is 12.3. The number of phenols is 1. The van der Waals surface area contributed by atoms with E-state index in [0.29, 0.717) is 5.69 Å². The van der Waals surface area contributed by atoms with Crippen LogP contribution in [0.1, 0.15) is 25.7 Å². The second kappa shape index (κ2) is 4.12. The van der Waals surface area contributed by atoms with Crippen molar-refractivity contribution in [3.8, 4) is 5.75 Å². The molecule has 0 unspecified atom stereocenters. The number of hydrogen-bond acceptors (Lipinski definition) is 3. The van der Waals surface area contributed by atoms with Crippen LogP contribution in [0.3, 0.4) is 0 Å². The van der Waals surface area contributed by atoms with Crippen LogP contribution in [0.5, 0.6) is 5.75 Å². The largest absolute Gasteiger partial charge is 0.508 e. The molecule has 1 saturated heterocycles. The van der Waals surface area contributed by atoms with Crippen LogP contribution in [0.2, 0.25) is 0 Å². The summed E-state index contributed by atoms with van der Waals surface area (Å²) < 4.78 is 0. The zero-order valence-electron chi connectivity index (χ0n) is 10.0. The lowest BCUT2D eigenvalue weighted by Crippen LogP contribution is -2.30. The summed E-state index contributed by atoms with van der Waals surface area (Å²) in [4.78, 5) is 25.8. The normalized spacial score (nSPS) is 27.4. The number of carbonyl (C=O) groups is 2. The maximum atomic E-state index is 12.3. The molecule has 4 nitrogen and oxygen atoms in total. The molecule has 1 N–H and O–H groups in total. The average molecular weight is 245 g/mol. The van der Waals surface area contributed by atoms with Gasteiger partial charge in [0.25, 0.3) is 0 Å². The van der Waals surface area contributed by atoms with Gasteiger partial charge in [0.1, 0.15) is 5.75 Å². The minimum Gasteiger partial charge on any atom is -0.508 e. The Bertz CT molecular complexity index is 470. The number of imide groups is 1. The Morgan fingerprint density at radius 3 is 1.94 bits per heavy atom. The number of rotatable bonds is 1. The van der Waals surface area contributed by atoms with E-state index >= 15 is 0 Å². The van der Waals surface area contributed by atoms with Crippen LogP contribution in [0.25, 0.3) is 0 Å². The van der Waals surface area contributed by atoms with E-state index in [-0.39, 0.29) is 29.4 Å². The topological polar surface area (TPSA) is 57.6 Å². The molecule has 4 heteroatoms. The van der Waals surface area contributed by atoms with Gasteiger partial charge in [0, 0.05) is 0 Å². The number of nitrogens with zero attached hydrogens (tertiary/aromatic N) is 1. The van der Waals surface area contributed by atoms with Gasteiger partial charge in [0.15, 0.2) is 0 Å². The zero-order valence-corrected chi connectivity index (χ0v) is 10.0. The Labute approximate surface area is 105 Å². The van der Waals surface area contributed by atoms with E-state index in [2.05, 4.69) is 0 Å². The number of carbonyl (C=O) groups excluding carboxylic acids is 2. The highest BCUT2D eigenvalue weighted by Crippen LogP contribution is 2.40. The first-order valence-corrected chi connectivity index (χ1v) is 6.35. The van der Waals surface area contributed by atoms with Crippen LogP contribution < -0.4 is 4.90 Å². The monoisotopic (exact) mass is 245 g/mol. The molecule has 94 valence electrons. The van der Waals surface area contributed by atoms with Gasteiger partial charge in [-0.15, -0.1) is 0 Å².